The molecule has 0 saturated heterocycles. The summed E-state index contributed by atoms with van der Waals surface area (Å²) in [6.07, 6.45) is 5.83. The van der Waals surface area contributed by atoms with Crippen LogP contribution in [0, 0.1) is 5.92 Å². The van der Waals surface area contributed by atoms with Crippen molar-refractivity contribution in [1.82, 2.24) is 25.0 Å². The second-order valence-corrected chi connectivity index (χ2v) is 7.52. The van der Waals surface area contributed by atoms with Crippen molar-refractivity contribution in [2.45, 2.75) is 18.9 Å². The number of nitrogens with one attached hydrogen (secondary N) is 1. The lowest BCUT2D eigenvalue weighted by Crippen LogP contribution is -2.32. The lowest BCUT2D eigenvalue weighted by molar-refractivity contribution is 0.0929. The van der Waals surface area contributed by atoms with E-state index in [1.54, 1.807) is 12.3 Å². The minimum atomic E-state index is -0.176. The van der Waals surface area contributed by atoms with E-state index in [1.165, 1.54) is 0 Å². The molecule has 0 aliphatic heterocycles. The highest BCUT2D eigenvalue weighted by Gasteiger charge is 2.36. The van der Waals surface area contributed by atoms with Gasteiger partial charge in [-0.3, -0.25) is 4.79 Å². The van der Waals surface area contributed by atoms with Crippen LogP contribution in [-0.4, -0.2) is 25.6 Å². The Hall–Kier alpha value is -3.74. The molecule has 1 N–H and O–H groups in total. The zero-order chi connectivity index (χ0) is 20.5. The van der Waals surface area contributed by atoms with Crippen LogP contribution in [0.2, 0.25) is 0 Å². The smallest absolute Gasteiger partial charge is 0.259 e. The first-order chi connectivity index (χ1) is 14.7. The van der Waals surface area contributed by atoms with Crippen molar-refractivity contribution in [2.75, 3.05) is 0 Å². The van der Waals surface area contributed by atoms with Crippen LogP contribution in [0.4, 0.5) is 0 Å². The van der Waals surface area contributed by atoms with E-state index in [0.717, 1.165) is 24.2 Å². The van der Waals surface area contributed by atoms with Crippen LogP contribution < -0.4 is 5.32 Å². The zero-order valence-electron chi connectivity index (χ0n) is 16.5. The molecule has 1 amide bonds. The second-order valence-electron chi connectivity index (χ2n) is 7.52. The molecule has 150 valence electrons. The van der Waals surface area contributed by atoms with Crippen molar-refractivity contribution in [3.63, 3.8) is 0 Å². The average Bonchev–Trinajstić information content (AvgIpc) is 3.35. The molecular weight excluding hydrogens is 378 g/mol. The van der Waals surface area contributed by atoms with E-state index in [2.05, 4.69) is 20.4 Å². The van der Waals surface area contributed by atoms with Gasteiger partial charge in [0.2, 0.25) is 5.82 Å². The van der Waals surface area contributed by atoms with Crippen LogP contribution in [0.15, 0.2) is 71.5 Å². The van der Waals surface area contributed by atoms with Crippen molar-refractivity contribution >= 4 is 5.91 Å². The number of aryl methyl sites for hydroxylation is 1. The Morgan fingerprint density at radius 3 is 2.63 bits per heavy atom. The number of hydrogen-bond acceptors (Lipinski definition) is 5. The molecule has 2 aromatic carbocycles. The summed E-state index contributed by atoms with van der Waals surface area (Å²) >= 11 is 0. The summed E-state index contributed by atoms with van der Waals surface area (Å²) in [5.74, 6) is 1.91. The highest BCUT2D eigenvalue weighted by atomic mass is 16.5. The number of benzene rings is 2. The molecule has 0 bridgehead atoms. The minimum absolute atomic E-state index is 0.117. The van der Waals surface area contributed by atoms with Gasteiger partial charge in [0.25, 0.3) is 11.8 Å². The van der Waals surface area contributed by atoms with E-state index in [-0.39, 0.29) is 11.9 Å². The molecule has 2 aromatic heterocycles. The third kappa shape index (κ3) is 3.50. The van der Waals surface area contributed by atoms with Gasteiger partial charge in [0.15, 0.2) is 0 Å². The molecule has 30 heavy (non-hydrogen) atoms. The van der Waals surface area contributed by atoms with Gasteiger partial charge in [-0.05, 0) is 30.9 Å². The summed E-state index contributed by atoms with van der Waals surface area (Å²) in [5.41, 5.74) is 1.97. The Balaban J connectivity index is 1.44. The fourth-order valence-electron chi connectivity index (χ4n) is 3.62. The van der Waals surface area contributed by atoms with Crippen LogP contribution in [0.25, 0.3) is 22.8 Å². The lowest BCUT2D eigenvalue weighted by atomic mass is 10.1. The fourth-order valence-corrected chi connectivity index (χ4v) is 3.62. The standard InChI is InChI=1S/C23H21N5O2/c1-28-14-13-24-21(28)19(15-11-12-15)25-22(29)17-9-5-6-10-18(17)23-26-20(27-30-23)16-7-3-2-4-8-16/h2-10,13-15,19H,11-12H2,1H3,(H,25,29). The number of carbonyl (C=O) groups excluding carboxylic acids is 1. The van der Waals surface area contributed by atoms with Crippen molar-refractivity contribution < 1.29 is 9.32 Å². The van der Waals surface area contributed by atoms with E-state index in [1.807, 2.05) is 66.3 Å². The third-order valence-electron chi connectivity index (χ3n) is 5.38. The predicted octanol–water partition coefficient (Wildman–Crippen LogP) is 4.02. The van der Waals surface area contributed by atoms with Crippen molar-refractivity contribution in [3.05, 3.63) is 78.4 Å². The van der Waals surface area contributed by atoms with Gasteiger partial charge >= 0.3 is 0 Å². The van der Waals surface area contributed by atoms with Gasteiger partial charge in [-0.15, -0.1) is 0 Å². The van der Waals surface area contributed by atoms with Gasteiger partial charge in [-0.25, -0.2) is 4.98 Å². The molecule has 5 rings (SSSR count). The number of imidazole rings is 1. The highest BCUT2D eigenvalue weighted by Crippen LogP contribution is 2.40. The molecule has 4 aromatic rings. The molecule has 2 heterocycles. The molecular formula is C23H21N5O2. The summed E-state index contributed by atoms with van der Waals surface area (Å²) in [7, 11) is 1.95. The number of hydrogen-bond donors (Lipinski definition) is 1. The van der Waals surface area contributed by atoms with Gasteiger partial charge in [0.1, 0.15) is 5.82 Å². The van der Waals surface area contributed by atoms with Gasteiger partial charge in [-0.1, -0.05) is 47.6 Å². The van der Waals surface area contributed by atoms with E-state index >= 15 is 0 Å². The average molecular weight is 399 g/mol. The lowest BCUT2D eigenvalue weighted by Gasteiger charge is -2.18. The largest absolute Gasteiger partial charge is 0.342 e. The number of nitrogens with zero attached hydrogens (tertiary/aromatic N) is 4. The minimum Gasteiger partial charge on any atom is -0.342 e. The fraction of sp³-hybridized carbons (Fsp3) is 0.217. The maximum absolute atomic E-state index is 13.2. The Morgan fingerprint density at radius 2 is 1.90 bits per heavy atom. The summed E-state index contributed by atoms with van der Waals surface area (Å²) < 4.78 is 7.45. The van der Waals surface area contributed by atoms with Gasteiger partial charge in [0.05, 0.1) is 17.2 Å². The number of rotatable bonds is 6. The van der Waals surface area contributed by atoms with Crippen LogP contribution >= 0.6 is 0 Å². The monoisotopic (exact) mass is 399 g/mol. The van der Waals surface area contributed by atoms with Crippen LogP contribution in [0.5, 0.6) is 0 Å². The first kappa shape index (κ1) is 18.3. The number of aromatic nitrogens is 4. The van der Waals surface area contributed by atoms with Crippen LogP contribution in [0.3, 0.4) is 0 Å². The molecule has 0 spiro atoms. The quantitative estimate of drug-likeness (QED) is 0.529. The molecule has 1 atom stereocenters. The molecule has 1 aliphatic rings. The number of carbonyl (C=O) groups is 1. The van der Waals surface area contributed by atoms with E-state index < -0.39 is 0 Å². The number of amides is 1. The van der Waals surface area contributed by atoms with Gasteiger partial charge in [0, 0.05) is 25.0 Å². The zero-order valence-corrected chi connectivity index (χ0v) is 16.5. The van der Waals surface area contributed by atoms with E-state index in [4.69, 9.17) is 4.52 Å². The second kappa shape index (κ2) is 7.59. The first-order valence-electron chi connectivity index (χ1n) is 9.97. The van der Waals surface area contributed by atoms with Gasteiger partial charge in [-0.2, -0.15) is 4.98 Å². The van der Waals surface area contributed by atoms with Crippen molar-refractivity contribution in [3.8, 4) is 22.8 Å². The van der Waals surface area contributed by atoms with Crippen molar-refractivity contribution in [2.24, 2.45) is 13.0 Å². The summed E-state index contributed by atoms with van der Waals surface area (Å²) in [6.45, 7) is 0. The topological polar surface area (TPSA) is 85.8 Å². The molecule has 7 heteroatoms. The van der Waals surface area contributed by atoms with Crippen molar-refractivity contribution in [1.29, 1.82) is 0 Å². The van der Waals surface area contributed by atoms with Crippen LogP contribution in [0.1, 0.15) is 35.1 Å². The molecule has 0 radical (unpaired) electrons. The Bertz CT molecular complexity index is 1180. The summed E-state index contributed by atoms with van der Waals surface area (Å²) in [4.78, 5) is 22.2. The highest BCUT2D eigenvalue weighted by molar-refractivity contribution is 6.00. The Morgan fingerprint density at radius 1 is 1.13 bits per heavy atom. The van der Waals surface area contributed by atoms with Gasteiger partial charge < -0.3 is 14.4 Å². The molecule has 7 nitrogen and oxygen atoms in total. The Kier molecular flexibility index (Phi) is 4.63. The SMILES string of the molecule is Cn1ccnc1C(NC(=O)c1ccccc1-c1nc(-c2ccccc2)no1)C1CC1. The predicted molar refractivity (Wildman–Crippen MR) is 111 cm³/mol. The molecule has 1 aliphatic carbocycles. The van der Waals surface area contributed by atoms with E-state index in [0.29, 0.717) is 28.8 Å². The van der Waals surface area contributed by atoms with Crippen LogP contribution in [-0.2, 0) is 7.05 Å². The summed E-state index contributed by atoms with van der Waals surface area (Å²) in [6, 6.07) is 16.8. The maximum atomic E-state index is 13.2. The molecule has 1 fully saturated rings. The Labute approximate surface area is 173 Å². The van der Waals surface area contributed by atoms with E-state index in [9.17, 15) is 4.79 Å². The molecule has 1 saturated carbocycles. The molecule has 1 unspecified atom stereocenters. The normalized spacial score (nSPS) is 14.4. The first-order valence-corrected chi connectivity index (χ1v) is 9.97. The summed E-state index contributed by atoms with van der Waals surface area (Å²) in [5, 5.41) is 7.26. The third-order valence-corrected chi connectivity index (χ3v) is 5.38. The maximum Gasteiger partial charge on any atom is 0.259 e.